The summed E-state index contributed by atoms with van der Waals surface area (Å²) in [5.74, 6) is -0.559. The molecule has 0 fully saturated rings. The molecule has 2 aliphatic carbocycles. The second-order valence-corrected chi connectivity index (χ2v) is 9.34. The molecule has 2 atom stereocenters. The molecule has 176 valence electrons. The molecule has 2 aliphatic rings. The minimum Gasteiger partial charge on any atom is -0.462 e. The monoisotopic (exact) mass is 432 g/mol. The van der Waals surface area contributed by atoms with Gasteiger partial charge in [-0.15, -0.1) is 0 Å². The van der Waals surface area contributed by atoms with Crippen molar-refractivity contribution in [2.75, 3.05) is 13.2 Å². The summed E-state index contributed by atoms with van der Waals surface area (Å²) < 4.78 is 11.2. The summed E-state index contributed by atoms with van der Waals surface area (Å²) in [6.07, 6.45) is 14.7. The van der Waals surface area contributed by atoms with Gasteiger partial charge in [-0.05, 0) is 33.1 Å². The zero-order valence-electron chi connectivity index (χ0n) is 20.4. The van der Waals surface area contributed by atoms with Crippen LogP contribution in [0.3, 0.4) is 0 Å². The predicted octanol–water partition coefficient (Wildman–Crippen LogP) is 7.08. The second kappa shape index (κ2) is 13.8. The smallest absolute Gasteiger partial charge is 0.335 e. The standard InChI is InChI=1S/C27H44O4/c1-5-7-9-11-13-15-17-30-26(28)24-22-19-23(21(4)20(22)3)25(24)27(29)31-18-16-14-12-10-8-6-2/h22-23H,5-19H2,1-4H3. The first-order chi connectivity index (χ1) is 15.0. The molecule has 0 radical (unpaired) electrons. The molecule has 31 heavy (non-hydrogen) atoms. The van der Waals surface area contributed by atoms with Crippen LogP contribution in [0.2, 0.25) is 0 Å². The number of unbranched alkanes of at least 4 members (excludes halogenated alkanes) is 10. The van der Waals surface area contributed by atoms with Gasteiger partial charge in [0.05, 0.1) is 24.4 Å². The third kappa shape index (κ3) is 7.22. The Balaban J connectivity index is 1.87. The van der Waals surface area contributed by atoms with E-state index in [1.54, 1.807) is 0 Å². The zero-order chi connectivity index (χ0) is 22.6. The van der Waals surface area contributed by atoms with Crippen molar-refractivity contribution in [3.05, 3.63) is 22.3 Å². The fraction of sp³-hybridized carbons (Fsp3) is 0.778. The van der Waals surface area contributed by atoms with Crippen molar-refractivity contribution in [1.29, 1.82) is 0 Å². The summed E-state index contributed by atoms with van der Waals surface area (Å²) in [6, 6.07) is 0. The lowest BCUT2D eigenvalue weighted by molar-refractivity contribution is -0.142. The van der Waals surface area contributed by atoms with Gasteiger partial charge in [0.25, 0.3) is 0 Å². The van der Waals surface area contributed by atoms with Crippen molar-refractivity contribution in [2.45, 2.75) is 111 Å². The molecule has 0 aromatic rings. The van der Waals surface area contributed by atoms with Crippen LogP contribution < -0.4 is 0 Å². The number of hydrogen-bond donors (Lipinski definition) is 0. The normalized spacial score (nSPS) is 20.0. The van der Waals surface area contributed by atoms with Crippen LogP contribution in [-0.2, 0) is 19.1 Å². The molecule has 2 bridgehead atoms. The van der Waals surface area contributed by atoms with Gasteiger partial charge in [-0.2, -0.15) is 0 Å². The summed E-state index contributed by atoms with van der Waals surface area (Å²) in [6.45, 7) is 9.46. The van der Waals surface area contributed by atoms with Crippen LogP contribution in [0.1, 0.15) is 111 Å². The number of allylic oxidation sites excluding steroid dienone is 2. The molecule has 0 aliphatic heterocycles. The van der Waals surface area contributed by atoms with E-state index in [1.165, 1.54) is 62.5 Å². The molecule has 2 rings (SSSR count). The number of hydrogen-bond acceptors (Lipinski definition) is 4. The molecule has 2 unspecified atom stereocenters. The van der Waals surface area contributed by atoms with Crippen LogP contribution in [0.25, 0.3) is 0 Å². The molecule has 0 aromatic carbocycles. The Morgan fingerprint density at radius 3 is 1.39 bits per heavy atom. The first-order valence-electron chi connectivity index (χ1n) is 12.8. The number of ether oxygens (including phenoxy) is 2. The van der Waals surface area contributed by atoms with Gasteiger partial charge in [0.2, 0.25) is 0 Å². The Morgan fingerprint density at radius 1 is 0.645 bits per heavy atom. The molecule has 0 aromatic heterocycles. The quantitative estimate of drug-likeness (QED) is 0.149. The maximum absolute atomic E-state index is 12.9. The Kier molecular flexibility index (Phi) is 11.4. The van der Waals surface area contributed by atoms with E-state index >= 15 is 0 Å². The molecule has 0 N–H and O–H groups in total. The topological polar surface area (TPSA) is 52.6 Å². The van der Waals surface area contributed by atoms with E-state index in [0.717, 1.165) is 32.1 Å². The first-order valence-corrected chi connectivity index (χ1v) is 12.8. The van der Waals surface area contributed by atoms with Crippen molar-refractivity contribution in [3.63, 3.8) is 0 Å². The Labute approximate surface area is 189 Å². The van der Waals surface area contributed by atoms with E-state index < -0.39 is 0 Å². The highest BCUT2D eigenvalue weighted by molar-refractivity contribution is 6.03. The van der Waals surface area contributed by atoms with E-state index in [9.17, 15) is 9.59 Å². The minimum absolute atomic E-state index is 0.0265. The largest absolute Gasteiger partial charge is 0.462 e. The number of fused-ring (bicyclic) bond motifs is 2. The summed E-state index contributed by atoms with van der Waals surface area (Å²) in [5, 5.41) is 0. The maximum Gasteiger partial charge on any atom is 0.335 e. The number of carbonyl (C=O) groups excluding carboxylic acids is 2. The van der Waals surface area contributed by atoms with Crippen LogP contribution >= 0.6 is 0 Å². The van der Waals surface area contributed by atoms with Crippen molar-refractivity contribution >= 4 is 11.9 Å². The molecule has 0 saturated carbocycles. The van der Waals surface area contributed by atoms with Crippen LogP contribution in [-0.4, -0.2) is 25.2 Å². The summed E-state index contributed by atoms with van der Waals surface area (Å²) in [7, 11) is 0. The highest BCUT2D eigenvalue weighted by Gasteiger charge is 2.48. The molecular formula is C27H44O4. The highest BCUT2D eigenvalue weighted by atomic mass is 16.5. The summed E-state index contributed by atoms with van der Waals surface area (Å²) >= 11 is 0. The van der Waals surface area contributed by atoms with E-state index in [2.05, 4.69) is 27.7 Å². The lowest BCUT2D eigenvalue weighted by atomic mass is 9.87. The molecule has 0 heterocycles. The fourth-order valence-corrected chi connectivity index (χ4v) is 4.94. The van der Waals surface area contributed by atoms with Gasteiger partial charge < -0.3 is 9.47 Å². The Bertz CT molecular complexity index is 604. The fourth-order valence-electron chi connectivity index (χ4n) is 4.94. The van der Waals surface area contributed by atoms with Crippen molar-refractivity contribution in [1.82, 2.24) is 0 Å². The van der Waals surface area contributed by atoms with Gasteiger partial charge in [-0.3, -0.25) is 0 Å². The van der Waals surface area contributed by atoms with Crippen molar-refractivity contribution in [3.8, 4) is 0 Å². The predicted molar refractivity (Wildman–Crippen MR) is 126 cm³/mol. The third-order valence-electron chi connectivity index (χ3n) is 7.03. The molecule has 0 amide bonds. The molecule has 0 saturated heterocycles. The van der Waals surface area contributed by atoms with Crippen LogP contribution in [0.5, 0.6) is 0 Å². The Hall–Kier alpha value is -1.58. The second-order valence-electron chi connectivity index (χ2n) is 9.34. The lowest BCUT2D eigenvalue weighted by Gasteiger charge is -2.20. The summed E-state index contributed by atoms with van der Waals surface area (Å²) in [5.41, 5.74) is 3.60. The third-order valence-corrected chi connectivity index (χ3v) is 7.03. The van der Waals surface area contributed by atoms with Crippen LogP contribution in [0.15, 0.2) is 22.3 Å². The van der Waals surface area contributed by atoms with E-state index in [4.69, 9.17) is 9.47 Å². The van der Waals surface area contributed by atoms with Gasteiger partial charge in [0, 0.05) is 11.8 Å². The molecule has 0 spiro atoms. The first kappa shape index (κ1) is 25.7. The lowest BCUT2D eigenvalue weighted by Crippen LogP contribution is -2.22. The van der Waals surface area contributed by atoms with Gasteiger partial charge >= 0.3 is 11.9 Å². The number of rotatable bonds is 16. The molecule has 4 heteroatoms. The maximum atomic E-state index is 12.9. The van der Waals surface area contributed by atoms with Gasteiger partial charge in [-0.1, -0.05) is 89.2 Å². The molecular weight excluding hydrogens is 388 g/mol. The number of esters is 2. The van der Waals surface area contributed by atoms with E-state index in [1.807, 2.05) is 0 Å². The average Bonchev–Trinajstić information content (AvgIpc) is 3.29. The van der Waals surface area contributed by atoms with E-state index in [0.29, 0.717) is 24.4 Å². The van der Waals surface area contributed by atoms with Crippen LogP contribution in [0.4, 0.5) is 0 Å². The minimum atomic E-state index is -0.306. The average molecular weight is 433 g/mol. The van der Waals surface area contributed by atoms with E-state index in [-0.39, 0.29) is 23.8 Å². The van der Waals surface area contributed by atoms with Crippen molar-refractivity contribution in [2.24, 2.45) is 11.8 Å². The van der Waals surface area contributed by atoms with Gasteiger partial charge in [-0.25, -0.2) is 9.59 Å². The SMILES string of the molecule is CCCCCCCCOC(=O)C1=C(C(=O)OCCCCCCCC)C2CC1C(C)=C2C. The summed E-state index contributed by atoms with van der Waals surface area (Å²) in [4.78, 5) is 25.8. The molecule has 4 nitrogen and oxygen atoms in total. The van der Waals surface area contributed by atoms with Gasteiger partial charge in [0.15, 0.2) is 0 Å². The number of carbonyl (C=O) groups is 2. The van der Waals surface area contributed by atoms with Crippen molar-refractivity contribution < 1.29 is 19.1 Å². The van der Waals surface area contributed by atoms with Gasteiger partial charge in [0.1, 0.15) is 0 Å². The highest BCUT2D eigenvalue weighted by Crippen LogP contribution is 2.52. The van der Waals surface area contributed by atoms with Crippen LogP contribution in [0, 0.1) is 11.8 Å². The Morgan fingerprint density at radius 2 is 1.00 bits per heavy atom. The zero-order valence-corrected chi connectivity index (χ0v) is 20.4.